The molecule has 3 nitrogen and oxygen atoms in total. The SMILES string of the molecule is CCNC(=S)Nc1ncccc1C. The van der Waals surface area contributed by atoms with Gasteiger partial charge in [0.2, 0.25) is 0 Å². The highest BCUT2D eigenvalue weighted by Gasteiger charge is 1.99. The summed E-state index contributed by atoms with van der Waals surface area (Å²) in [6, 6.07) is 3.89. The Hall–Kier alpha value is -1.16. The second-order valence-electron chi connectivity index (χ2n) is 2.65. The number of nitrogens with one attached hydrogen (secondary N) is 2. The first-order chi connectivity index (χ1) is 6.24. The van der Waals surface area contributed by atoms with Crippen LogP contribution in [0.2, 0.25) is 0 Å². The lowest BCUT2D eigenvalue weighted by Crippen LogP contribution is -2.28. The van der Waals surface area contributed by atoms with Crippen molar-refractivity contribution in [3.8, 4) is 0 Å². The topological polar surface area (TPSA) is 37.0 Å². The van der Waals surface area contributed by atoms with E-state index in [4.69, 9.17) is 12.2 Å². The zero-order chi connectivity index (χ0) is 9.68. The average molecular weight is 195 g/mol. The van der Waals surface area contributed by atoms with Gasteiger partial charge in [0.15, 0.2) is 5.11 Å². The number of aryl methyl sites for hydroxylation is 1. The Bertz CT molecular complexity index is 299. The third-order valence-corrected chi connectivity index (χ3v) is 1.83. The van der Waals surface area contributed by atoms with Crippen LogP contribution in [0.15, 0.2) is 18.3 Å². The number of rotatable bonds is 2. The highest BCUT2D eigenvalue weighted by atomic mass is 32.1. The van der Waals surface area contributed by atoms with Crippen LogP contribution in [-0.2, 0) is 0 Å². The predicted molar refractivity (Wildman–Crippen MR) is 58.9 cm³/mol. The third-order valence-electron chi connectivity index (χ3n) is 1.58. The molecule has 70 valence electrons. The minimum atomic E-state index is 0.615. The van der Waals surface area contributed by atoms with Gasteiger partial charge >= 0.3 is 0 Å². The second kappa shape index (κ2) is 4.77. The molecule has 0 saturated carbocycles. The van der Waals surface area contributed by atoms with Crippen molar-refractivity contribution in [2.75, 3.05) is 11.9 Å². The number of hydrogen-bond donors (Lipinski definition) is 2. The van der Waals surface area contributed by atoms with Crippen LogP contribution in [0.3, 0.4) is 0 Å². The highest BCUT2D eigenvalue weighted by molar-refractivity contribution is 7.80. The van der Waals surface area contributed by atoms with Gasteiger partial charge < -0.3 is 10.6 Å². The van der Waals surface area contributed by atoms with Crippen molar-refractivity contribution >= 4 is 23.1 Å². The predicted octanol–water partition coefficient (Wildman–Crippen LogP) is 1.70. The van der Waals surface area contributed by atoms with E-state index in [1.165, 1.54) is 0 Å². The molecule has 2 N–H and O–H groups in total. The van der Waals surface area contributed by atoms with Crippen molar-refractivity contribution < 1.29 is 0 Å². The molecule has 0 aliphatic heterocycles. The molecule has 0 aliphatic rings. The monoisotopic (exact) mass is 195 g/mol. The van der Waals surface area contributed by atoms with E-state index in [1.807, 2.05) is 26.0 Å². The van der Waals surface area contributed by atoms with E-state index in [0.717, 1.165) is 17.9 Å². The highest BCUT2D eigenvalue weighted by Crippen LogP contribution is 2.08. The van der Waals surface area contributed by atoms with E-state index in [1.54, 1.807) is 6.20 Å². The van der Waals surface area contributed by atoms with E-state index in [-0.39, 0.29) is 0 Å². The van der Waals surface area contributed by atoms with Crippen LogP contribution in [0.5, 0.6) is 0 Å². The summed E-state index contributed by atoms with van der Waals surface area (Å²) in [7, 11) is 0. The van der Waals surface area contributed by atoms with Gasteiger partial charge in [-0.25, -0.2) is 4.98 Å². The maximum Gasteiger partial charge on any atom is 0.171 e. The van der Waals surface area contributed by atoms with Gasteiger partial charge in [-0.1, -0.05) is 6.07 Å². The second-order valence-corrected chi connectivity index (χ2v) is 3.06. The number of anilines is 1. The molecule has 0 fully saturated rings. The molecule has 0 spiro atoms. The maximum absolute atomic E-state index is 5.03. The first-order valence-corrected chi connectivity index (χ1v) is 4.61. The zero-order valence-electron chi connectivity index (χ0n) is 7.79. The van der Waals surface area contributed by atoms with Gasteiger partial charge in [-0.05, 0) is 37.7 Å². The van der Waals surface area contributed by atoms with E-state index in [0.29, 0.717) is 5.11 Å². The van der Waals surface area contributed by atoms with Crippen molar-refractivity contribution in [3.63, 3.8) is 0 Å². The van der Waals surface area contributed by atoms with E-state index < -0.39 is 0 Å². The van der Waals surface area contributed by atoms with E-state index >= 15 is 0 Å². The molecule has 0 saturated heterocycles. The van der Waals surface area contributed by atoms with Crippen LogP contribution in [-0.4, -0.2) is 16.6 Å². The van der Waals surface area contributed by atoms with Gasteiger partial charge in [-0.15, -0.1) is 0 Å². The number of hydrogen-bond acceptors (Lipinski definition) is 2. The fourth-order valence-corrected chi connectivity index (χ4v) is 1.17. The Balaban J connectivity index is 2.63. The van der Waals surface area contributed by atoms with Crippen LogP contribution in [0.25, 0.3) is 0 Å². The molecule has 0 atom stereocenters. The molecule has 13 heavy (non-hydrogen) atoms. The largest absolute Gasteiger partial charge is 0.363 e. The molecule has 1 aromatic heterocycles. The molecule has 4 heteroatoms. The van der Waals surface area contributed by atoms with Gasteiger partial charge in [0.1, 0.15) is 5.82 Å². The molecule has 1 heterocycles. The molecule has 0 aromatic carbocycles. The van der Waals surface area contributed by atoms with Crippen LogP contribution in [0.4, 0.5) is 5.82 Å². The first-order valence-electron chi connectivity index (χ1n) is 4.20. The first kappa shape index (κ1) is 9.92. The molecular formula is C9H13N3S. The number of aromatic nitrogens is 1. The Kier molecular flexibility index (Phi) is 3.64. The van der Waals surface area contributed by atoms with Gasteiger partial charge in [0.05, 0.1) is 0 Å². The summed E-state index contributed by atoms with van der Waals surface area (Å²) in [5.74, 6) is 0.813. The Morgan fingerprint density at radius 1 is 1.62 bits per heavy atom. The molecule has 0 radical (unpaired) electrons. The van der Waals surface area contributed by atoms with Crippen LogP contribution < -0.4 is 10.6 Å². The molecule has 0 unspecified atom stereocenters. The number of thiocarbonyl (C=S) groups is 1. The smallest absolute Gasteiger partial charge is 0.171 e. The summed E-state index contributed by atoms with van der Waals surface area (Å²) >= 11 is 5.03. The summed E-state index contributed by atoms with van der Waals surface area (Å²) in [5, 5.41) is 6.64. The fraction of sp³-hybridized carbons (Fsp3) is 0.333. The van der Waals surface area contributed by atoms with Crippen molar-refractivity contribution in [3.05, 3.63) is 23.9 Å². The van der Waals surface area contributed by atoms with Crippen LogP contribution >= 0.6 is 12.2 Å². The normalized spacial score (nSPS) is 9.38. The average Bonchev–Trinajstić information content (AvgIpc) is 2.09. The number of pyridine rings is 1. The summed E-state index contributed by atoms with van der Waals surface area (Å²) in [5.41, 5.74) is 1.09. The van der Waals surface area contributed by atoms with Gasteiger partial charge in [-0.2, -0.15) is 0 Å². The Labute approximate surface area is 83.6 Å². The molecular weight excluding hydrogens is 182 g/mol. The van der Waals surface area contributed by atoms with Crippen molar-refractivity contribution in [1.82, 2.24) is 10.3 Å². The van der Waals surface area contributed by atoms with Crippen LogP contribution in [0.1, 0.15) is 12.5 Å². The maximum atomic E-state index is 5.03. The van der Waals surface area contributed by atoms with E-state index in [2.05, 4.69) is 15.6 Å². The minimum absolute atomic E-state index is 0.615. The van der Waals surface area contributed by atoms with Gasteiger partial charge in [0.25, 0.3) is 0 Å². The number of nitrogens with zero attached hydrogens (tertiary/aromatic N) is 1. The lowest BCUT2D eigenvalue weighted by molar-refractivity contribution is 0.977. The standard InChI is InChI=1S/C9H13N3S/c1-3-10-9(13)12-8-7(2)5-4-6-11-8/h4-6H,3H2,1-2H3,(H2,10,11,12,13). The van der Waals surface area contributed by atoms with E-state index in [9.17, 15) is 0 Å². The molecule has 1 aromatic rings. The molecule has 0 aliphatic carbocycles. The molecule has 0 amide bonds. The lowest BCUT2D eigenvalue weighted by atomic mass is 10.3. The Morgan fingerprint density at radius 2 is 2.38 bits per heavy atom. The van der Waals surface area contributed by atoms with Gasteiger partial charge in [-0.3, -0.25) is 0 Å². The molecule has 1 rings (SSSR count). The zero-order valence-corrected chi connectivity index (χ0v) is 8.61. The fourth-order valence-electron chi connectivity index (χ4n) is 0.929. The van der Waals surface area contributed by atoms with Crippen molar-refractivity contribution in [2.24, 2.45) is 0 Å². The van der Waals surface area contributed by atoms with Crippen molar-refractivity contribution in [2.45, 2.75) is 13.8 Å². The third kappa shape index (κ3) is 2.99. The van der Waals surface area contributed by atoms with Crippen LogP contribution in [0, 0.1) is 6.92 Å². The van der Waals surface area contributed by atoms with Gasteiger partial charge in [0, 0.05) is 12.7 Å². The minimum Gasteiger partial charge on any atom is -0.363 e. The quantitative estimate of drug-likeness (QED) is 0.704. The summed E-state index contributed by atoms with van der Waals surface area (Å²) in [4.78, 5) is 4.16. The summed E-state index contributed by atoms with van der Waals surface area (Å²) < 4.78 is 0. The van der Waals surface area contributed by atoms with Crippen molar-refractivity contribution in [1.29, 1.82) is 0 Å². The lowest BCUT2D eigenvalue weighted by Gasteiger charge is -2.09. The summed E-state index contributed by atoms with van der Waals surface area (Å²) in [6.45, 7) is 4.81. The summed E-state index contributed by atoms with van der Waals surface area (Å²) in [6.07, 6.45) is 1.74. The Morgan fingerprint density at radius 3 is 3.00 bits per heavy atom. The molecule has 0 bridgehead atoms.